The molecule has 138 valence electrons. The second-order valence-electron chi connectivity index (χ2n) is 7.25. The Balaban J connectivity index is 1.95. The molecule has 2 aromatic heterocycles. The maximum Gasteiger partial charge on any atom is 0.216 e. The Hall–Kier alpha value is -3.90. The summed E-state index contributed by atoms with van der Waals surface area (Å²) < 4.78 is 8.65. The van der Waals surface area contributed by atoms with Crippen LogP contribution in [0.25, 0.3) is 49.2 Å². The predicted molar refractivity (Wildman–Crippen MR) is 117 cm³/mol. The topological polar surface area (TPSA) is 21.4 Å². The number of pyridine rings is 1. The molecule has 5 rings (SSSR count). The molecule has 0 aliphatic carbocycles. The van der Waals surface area contributed by atoms with E-state index in [1.165, 1.54) is 0 Å². The molecule has 3 nitrogen and oxygen atoms in total. The van der Waals surface area contributed by atoms with E-state index in [-0.39, 0.29) is 0 Å². The lowest BCUT2D eigenvalue weighted by atomic mass is 9.98. The molecule has 0 bridgehead atoms. The van der Waals surface area contributed by atoms with Crippen LogP contribution in [0.4, 0.5) is 5.69 Å². The van der Waals surface area contributed by atoms with E-state index in [2.05, 4.69) is 46.7 Å². The highest BCUT2D eigenvalue weighted by Crippen LogP contribution is 2.44. The number of rotatable bonds is 2. The molecule has 29 heavy (non-hydrogen) atoms. The smallest absolute Gasteiger partial charge is 0.216 e. The van der Waals surface area contributed by atoms with E-state index in [0.717, 1.165) is 49.9 Å². The number of aromatic nitrogens is 1. The average Bonchev–Trinajstić information content (AvgIpc) is 3.14. The summed E-state index contributed by atoms with van der Waals surface area (Å²) in [5, 5.41) is 1.87. The van der Waals surface area contributed by atoms with Gasteiger partial charge in [0.1, 0.15) is 18.2 Å². The molecule has 0 saturated heterocycles. The third kappa shape index (κ3) is 2.61. The quantitative estimate of drug-likeness (QED) is 0.251. The van der Waals surface area contributed by atoms with E-state index >= 15 is 0 Å². The fourth-order valence-electron chi connectivity index (χ4n) is 4.06. The van der Waals surface area contributed by atoms with Gasteiger partial charge in [-0.3, -0.25) is 0 Å². The number of furan rings is 1. The van der Waals surface area contributed by atoms with Gasteiger partial charge >= 0.3 is 0 Å². The second-order valence-corrected chi connectivity index (χ2v) is 7.25. The highest BCUT2D eigenvalue weighted by molar-refractivity contribution is 6.18. The van der Waals surface area contributed by atoms with Gasteiger partial charge in [0.15, 0.2) is 11.9 Å². The summed E-state index contributed by atoms with van der Waals surface area (Å²) in [7, 11) is 2.04. The van der Waals surface area contributed by atoms with Crippen LogP contribution in [0.5, 0.6) is 0 Å². The summed E-state index contributed by atoms with van der Waals surface area (Å²) in [4.78, 5) is 3.78. The molecule has 3 aromatic carbocycles. The van der Waals surface area contributed by atoms with Crippen molar-refractivity contribution >= 4 is 27.6 Å². The van der Waals surface area contributed by atoms with Crippen molar-refractivity contribution in [3.05, 3.63) is 96.0 Å². The van der Waals surface area contributed by atoms with E-state index in [0.29, 0.717) is 5.69 Å². The fourth-order valence-corrected chi connectivity index (χ4v) is 4.06. The van der Waals surface area contributed by atoms with Gasteiger partial charge < -0.3 is 4.42 Å². The molecule has 0 atom stereocenters. The first-order valence-electron chi connectivity index (χ1n) is 9.56. The molecule has 2 heterocycles. The molecule has 3 heteroatoms. The van der Waals surface area contributed by atoms with Crippen molar-refractivity contribution < 1.29 is 8.98 Å². The standard InChI is InChI=1S/C26H19N2O/c1-17-12-13-20-24-21(27-2)15-14-19(18-9-5-4-6-10-18)25(24)29-26(20)23(17)22-11-7-8-16-28(22)3/h4-16H,1,3H3/q+1. The summed E-state index contributed by atoms with van der Waals surface area (Å²) in [5.74, 6) is 0. The number of benzene rings is 3. The SMILES string of the molecule is [C-]#[N+]c1ccc(-c2ccccc2)c2oc3c(-c4cccc[n+]4C)c(C)ccc3c12. The van der Waals surface area contributed by atoms with E-state index in [4.69, 9.17) is 11.0 Å². The van der Waals surface area contributed by atoms with Gasteiger partial charge in [-0.1, -0.05) is 54.6 Å². The molecular formula is C26H19N2O+. The zero-order valence-corrected chi connectivity index (χ0v) is 16.3. The summed E-state index contributed by atoms with van der Waals surface area (Å²) >= 11 is 0. The molecule has 5 aromatic rings. The van der Waals surface area contributed by atoms with E-state index < -0.39 is 0 Å². The number of aryl methyl sites for hydroxylation is 2. The minimum absolute atomic E-state index is 0.616. The lowest BCUT2D eigenvalue weighted by molar-refractivity contribution is -0.660. The first-order valence-corrected chi connectivity index (χ1v) is 9.56. The first kappa shape index (κ1) is 17.2. The molecule has 0 N–H and O–H groups in total. The van der Waals surface area contributed by atoms with Crippen molar-refractivity contribution in [1.29, 1.82) is 0 Å². The van der Waals surface area contributed by atoms with Crippen molar-refractivity contribution in [2.24, 2.45) is 7.05 Å². The minimum atomic E-state index is 0.616. The zero-order valence-electron chi connectivity index (χ0n) is 16.3. The van der Waals surface area contributed by atoms with Crippen LogP contribution in [0.2, 0.25) is 0 Å². The lowest BCUT2D eigenvalue weighted by Gasteiger charge is -2.05. The van der Waals surface area contributed by atoms with Gasteiger partial charge in [-0.05, 0) is 24.1 Å². The normalized spacial score (nSPS) is 11.1. The molecule has 0 aliphatic heterocycles. The van der Waals surface area contributed by atoms with Gasteiger partial charge in [-0.25, -0.2) is 9.41 Å². The monoisotopic (exact) mass is 375 g/mol. The van der Waals surface area contributed by atoms with Gasteiger partial charge in [-0.2, -0.15) is 0 Å². The zero-order chi connectivity index (χ0) is 20.0. The average molecular weight is 375 g/mol. The van der Waals surface area contributed by atoms with Gasteiger partial charge in [0, 0.05) is 28.5 Å². The van der Waals surface area contributed by atoms with Gasteiger partial charge in [0.2, 0.25) is 5.69 Å². The molecule has 0 unspecified atom stereocenters. The number of hydrogen-bond acceptors (Lipinski definition) is 1. The van der Waals surface area contributed by atoms with Crippen molar-refractivity contribution in [2.45, 2.75) is 6.92 Å². The van der Waals surface area contributed by atoms with Crippen molar-refractivity contribution in [3.63, 3.8) is 0 Å². The van der Waals surface area contributed by atoms with Crippen molar-refractivity contribution in [2.75, 3.05) is 0 Å². The molecule has 0 radical (unpaired) electrons. The predicted octanol–water partition coefficient (Wildman–Crippen LogP) is 6.60. The van der Waals surface area contributed by atoms with Gasteiger partial charge in [0.25, 0.3) is 0 Å². The molecule has 0 spiro atoms. The van der Waals surface area contributed by atoms with E-state index in [1.807, 2.05) is 55.7 Å². The molecule has 0 amide bonds. The Morgan fingerprint density at radius 3 is 2.41 bits per heavy atom. The van der Waals surface area contributed by atoms with Crippen LogP contribution in [0.15, 0.2) is 83.4 Å². The fraction of sp³-hybridized carbons (Fsp3) is 0.0769. The Kier molecular flexibility index (Phi) is 3.93. The van der Waals surface area contributed by atoms with Crippen LogP contribution in [-0.2, 0) is 7.05 Å². The Morgan fingerprint density at radius 2 is 1.66 bits per heavy atom. The highest BCUT2D eigenvalue weighted by Gasteiger charge is 2.22. The Labute approximate surface area is 169 Å². The maximum atomic E-state index is 7.69. The maximum absolute atomic E-state index is 7.69. The number of fused-ring (bicyclic) bond motifs is 3. The van der Waals surface area contributed by atoms with Gasteiger partial charge in [-0.15, -0.1) is 0 Å². The van der Waals surface area contributed by atoms with Crippen molar-refractivity contribution in [3.8, 4) is 22.4 Å². The number of nitrogens with zero attached hydrogens (tertiary/aromatic N) is 2. The first-order chi connectivity index (χ1) is 14.2. The third-order valence-electron chi connectivity index (χ3n) is 5.49. The second kappa shape index (κ2) is 6.61. The highest BCUT2D eigenvalue weighted by atomic mass is 16.3. The van der Waals surface area contributed by atoms with Crippen LogP contribution in [0.1, 0.15) is 5.56 Å². The van der Waals surface area contributed by atoms with Gasteiger partial charge in [0.05, 0.1) is 12.1 Å². The third-order valence-corrected chi connectivity index (χ3v) is 5.49. The largest absolute Gasteiger partial charge is 0.456 e. The summed E-state index contributed by atoms with van der Waals surface area (Å²) in [6.07, 6.45) is 2.04. The summed E-state index contributed by atoms with van der Waals surface area (Å²) in [5.41, 5.74) is 7.59. The Morgan fingerprint density at radius 1 is 0.862 bits per heavy atom. The van der Waals surface area contributed by atoms with Crippen LogP contribution < -0.4 is 4.57 Å². The Bertz CT molecular complexity index is 1420. The summed E-state index contributed by atoms with van der Waals surface area (Å²) in [6.45, 7) is 9.79. The molecule has 0 saturated carbocycles. The van der Waals surface area contributed by atoms with E-state index in [1.54, 1.807) is 0 Å². The minimum Gasteiger partial charge on any atom is -0.456 e. The van der Waals surface area contributed by atoms with Crippen molar-refractivity contribution in [1.82, 2.24) is 0 Å². The molecule has 0 fully saturated rings. The molecular weight excluding hydrogens is 356 g/mol. The molecule has 0 aliphatic rings. The number of hydrogen-bond donors (Lipinski definition) is 0. The van der Waals surface area contributed by atoms with Crippen LogP contribution in [0, 0.1) is 13.5 Å². The van der Waals surface area contributed by atoms with E-state index in [9.17, 15) is 0 Å². The van der Waals surface area contributed by atoms with Crippen LogP contribution >= 0.6 is 0 Å². The lowest BCUT2D eigenvalue weighted by Crippen LogP contribution is -2.30. The summed E-state index contributed by atoms with van der Waals surface area (Å²) in [6, 6.07) is 24.4. The van der Waals surface area contributed by atoms with Crippen LogP contribution in [-0.4, -0.2) is 0 Å². The van der Waals surface area contributed by atoms with Crippen LogP contribution in [0.3, 0.4) is 0 Å².